The van der Waals surface area contributed by atoms with Gasteiger partial charge in [-0.2, -0.15) is 0 Å². The second-order valence-electron chi connectivity index (χ2n) is 4.40. The molecule has 0 amide bonds. The quantitative estimate of drug-likeness (QED) is 0.545. The molecule has 2 heterocycles. The van der Waals surface area contributed by atoms with Crippen molar-refractivity contribution in [2.45, 2.75) is 51.9 Å². The van der Waals surface area contributed by atoms with Crippen molar-refractivity contribution in [2.24, 2.45) is 0 Å². The molecule has 0 aliphatic carbocycles. The van der Waals surface area contributed by atoms with Crippen LogP contribution in [0.15, 0.2) is 0 Å². The fraction of sp³-hybridized carbons (Fsp3) is 0.571. The summed E-state index contributed by atoms with van der Waals surface area (Å²) in [6, 6.07) is 0. The van der Waals surface area contributed by atoms with E-state index in [1.807, 2.05) is 0 Å². The Hall–Kier alpha value is -0.920. The van der Waals surface area contributed by atoms with E-state index in [1.165, 1.54) is 54.9 Å². The minimum atomic E-state index is 0.745. The molecule has 2 aromatic heterocycles. The molecular formula is C14H18N2S2. The Balaban J connectivity index is 1.78. The molecule has 0 unspecified atom stereocenters. The molecule has 0 bridgehead atoms. The largest absolute Gasteiger partial charge is 0.228 e. The molecule has 0 aromatic carbocycles. The monoisotopic (exact) mass is 278 g/mol. The van der Waals surface area contributed by atoms with Crippen LogP contribution in [0.2, 0.25) is 0 Å². The minimum absolute atomic E-state index is 0.745. The maximum absolute atomic E-state index is 5.32. The third kappa shape index (κ3) is 3.54. The van der Waals surface area contributed by atoms with Crippen LogP contribution in [0.5, 0.6) is 0 Å². The van der Waals surface area contributed by atoms with Gasteiger partial charge in [-0.1, -0.05) is 61.7 Å². The van der Waals surface area contributed by atoms with Gasteiger partial charge >= 0.3 is 0 Å². The van der Waals surface area contributed by atoms with E-state index < -0.39 is 0 Å². The number of rotatable bonds is 7. The SMILES string of the molecule is C#Cc1nc2sc(CCCCCCCC)nc2s1. The van der Waals surface area contributed by atoms with Crippen molar-refractivity contribution < 1.29 is 0 Å². The first-order chi connectivity index (χ1) is 8.83. The van der Waals surface area contributed by atoms with Crippen molar-refractivity contribution in [1.29, 1.82) is 0 Å². The Morgan fingerprint density at radius 3 is 2.44 bits per heavy atom. The first-order valence-electron chi connectivity index (χ1n) is 6.56. The lowest BCUT2D eigenvalue weighted by Crippen LogP contribution is -1.84. The van der Waals surface area contributed by atoms with Crippen LogP contribution in [-0.4, -0.2) is 9.97 Å². The van der Waals surface area contributed by atoms with Crippen LogP contribution < -0.4 is 0 Å². The first kappa shape index (κ1) is 13.5. The Bertz CT molecular complexity index is 502. The Labute approximate surface area is 116 Å². The van der Waals surface area contributed by atoms with Gasteiger partial charge in [0.05, 0.1) is 5.01 Å². The molecule has 0 saturated heterocycles. The summed E-state index contributed by atoms with van der Waals surface area (Å²) in [7, 11) is 0. The molecule has 0 atom stereocenters. The van der Waals surface area contributed by atoms with Crippen LogP contribution in [0.3, 0.4) is 0 Å². The highest BCUT2D eigenvalue weighted by Gasteiger charge is 2.08. The van der Waals surface area contributed by atoms with E-state index in [2.05, 4.69) is 22.8 Å². The molecule has 4 heteroatoms. The van der Waals surface area contributed by atoms with Crippen molar-refractivity contribution in [1.82, 2.24) is 9.97 Å². The molecule has 2 aromatic rings. The minimum Gasteiger partial charge on any atom is -0.228 e. The molecule has 2 nitrogen and oxygen atoms in total. The highest BCUT2D eigenvalue weighted by molar-refractivity contribution is 7.26. The van der Waals surface area contributed by atoms with Gasteiger partial charge in [-0.25, -0.2) is 9.97 Å². The van der Waals surface area contributed by atoms with Crippen LogP contribution in [0.25, 0.3) is 9.66 Å². The van der Waals surface area contributed by atoms with E-state index in [4.69, 9.17) is 6.42 Å². The topological polar surface area (TPSA) is 25.8 Å². The summed E-state index contributed by atoms with van der Waals surface area (Å²) in [5.41, 5.74) is 0. The summed E-state index contributed by atoms with van der Waals surface area (Å²) >= 11 is 3.21. The first-order valence-corrected chi connectivity index (χ1v) is 8.19. The number of nitrogens with zero attached hydrogens (tertiary/aromatic N) is 2. The fourth-order valence-electron chi connectivity index (χ4n) is 1.91. The molecule has 0 aliphatic rings. The zero-order valence-corrected chi connectivity index (χ0v) is 12.4. The predicted octanol–water partition coefficient (Wildman–Crippen LogP) is 4.64. The Morgan fingerprint density at radius 1 is 1.00 bits per heavy atom. The second kappa shape index (κ2) is 6.86. The van der Waals surface area contributed by atoms with Crippen molar-refractivity contribution >= 4 is 32.3 Å². The summed E-state index contributed by atoms with van der Waals surface area (Å²) in [4.78, 5) is 11.0. The maximum Gasteiger partial charge on any atom is 0.170 e. The number of unbranched alkanes of at least 4 members (excludes halogenated alkanes) is 5. The number of hydrogen-bond acceptors (Lipinski definition) is 4. The number of terminal acetylenes is 1. The van der Waals surface area contributed by atoms with Gasteiger partial charge in [-0.05, 0) is 18.8 Å². The lowest BCUT2D eigenvalue weighted by atomic mass is 10.1. The van der Waals surface area contributed by atoms with Gasteiger partial charge in [0.25, 0.3) is 0 Å². The number of aromatic nitrogens is 2. The van der Waals surface area contributed by atoms with E-state index in [0.29, 0.717) is 0 Å². The van der Waals surface area contributed by atoms with E-state index >= 15 is 0 Å². The van der Waals surface area contributed by atoms with Gasteiger partial charge in [0, 0.05) is 0 Å². The number of fused-ring (bicyclic) bond motifs is 1. The Morgan fingerprint density at radius 2 is 1.72 bits per heavy atom. The summed E-state index contributed by atoms with van der Waals surface area (Å²) in [6.07, 6.45) is 14.4. The number of hydrogen-bond donors (Lipinski definition) is 0. The molecular weight excluding hydrogens is 260 g/mol. The zero-order valence-electron chi connectivity index (χ0n) is 10.7. The van der Waals surface area contributed by atoms with Gasteiger partial charge in [-0.15, -0.1) is 6.42 Å². The normalized spacial score (nSPS) is 10.9. The fourth-order valence-corrected chi connectivity index (χ4v) is 3.82. The maximum atomic E-state index is 5.32. The van der Waals surface area contributed by atoms with Gasteiger partial charge in [0.2, 0.25) is 0 Å². The predicted molar refractivity (Wildman–Crippen MR) is 80.3 cm³/mol. The lowest BCUT2D eigenvalue weighted by Gasteiger charge is -1.98. The molecule has 0 aliphatic heterocycles. The van der Waals surface area contributed by atoms with E-state index in [1.54, 1.807) is 11.3 Å². The highest BCUT2D eigenvalue weighted by Crippen LogP contribution is 2.27. The van der Waals surface area contributed by atoms with E-state index in [-0.39, 0.29) is 0 Å². The molecule has 0 saturated carbocycles. The average molecular weight is 278 g/mol. The van der Waals surface area contributed by atoms with Crippen LogP contribution in [-0.2, 0) is 6.42 Å². The molecule has 0 radical (unpaired) electrons. The van der Waals surface area contributed by atoms with Crippen molar-refractivity contribution in [3.63, 3.8) is 0 Å². The van der Waals surface area contributed by atoms with Crippen molar-refractivity contribution in [2.75, 3.05) is 0 Å². The van der Waals surface area contributed by atoms with Crippen molar-refractivity contribution in [3.05, 3.63) is 10.0 Å². The van der Waals surface area contributed by atoms with Gasteiger partial charge in [0.1, 0.15) is 0 Å². The summed E-state index contributed by atoms with van der Waals surface area (Å²) in [5.74, 6) is 2.57. The van der Waals surface area contributed by atoms with Gasteiger partial charge in [-0.3, -0.25) is 0 Å². The second-order valence-corrected chi connectivity index (χ2v) is 6.44. The molecule has 2 rings (SSSR count). The molecule has 18 heavy (non-hydrogen) atoms. The van der Waals surface area contributed by atoms with E-state index in [9.17, 15) is 0 Å². The smallest absolute Gasteiger partial charge is 0.170 e. The van der Waals surface area contributed by atoms with Gasteiger partial charge in [0.15, 0.2) is 14.7 Å². The third-order valence-corrected chi connectivity index (χ3v) is 4.91. The highest BCUT2D eigenvalue weighted by atomic mass is 32.1. The summed E-state index contributed by atoms with van der Waals surface area (Å²) < 4.78 is 0. The van der Waals surface area contributed by atoms with Crippen LogP contribution in [0.1, 0.15) is 55.5 Å². The van der Waals surface area contributed by atoms with Crippen LogP contribution in [0.4, 0.5) is 0 Å². The average Bonchev–Trinajstić information content (AvgIpc) is 2.91. The van der Waals surface area contributed by atoms with Crippen LogP contribution in [0, 0.1) is 12.3 Å². The van der Waals surface area contributed by atoms with Gasteiger partial charge < -0.3 is 0 Å². The zero-order chi connectivity index (χ0) is 12.8. The molecule has 0 N–H and O–H groups in total. The molecule has 0 fully saturated rings. The molecule has 96 valence electrons. The van der Waals surface area contributed by atoms with E-state index in [0.717, 1.165) is 21.1 Å². The van der Waals surface area contributed by atoms with Crippen LogP contribution >= 0.6 is 22.7 Å². The molecule has 0 spiro atoms. The Kier molecular flexibility index (Phi) is 5.15. The van der Waals surface area contributed by atoms with Crippen molar-refractivity contribution in [3.8, 4) is 12.3 Å². The lowest BCUT2D eigenvalue weighted by molar-refractivity contribution is 0.607. The number of thiazole rings is 2. The third-order valence-electron chi connectivity index (χ3n) is 2.89. The standard InChI is InChI=1S/C14H18N2S2/c1-3-5-6-7-8-9-10-12-16-14-13(18-12)15-11(4-2)17-14/h2H,3,5-10H2,1H3. The summed E-state index contributed by atoms with van der Waals surface area (Å²) in [6.45, 7) is 2.25. The number of aryl methyl sites for hydroxylation is 1. The summed E-state index contributed by atoms with van der Waals surface area (Å²) in [5, 5.41) is 1.96.